The summed E-state index contributed by atoms with van der Waals surface area (Å²) in [5.41, 5.74) is 1.17. The number of carbonyl (C=O) groups excluding carboxylic acids is 1. The molecule has 0 aromatic carbocycles. The highest BCUT2D eigenvalue weighted by atomic mass is 16.2. The molecule has 2 atom stereocenters. The molecule has 0 saturated carbocycles. The summed E-state index contributed by atoms with van der Waals surface area (Å²) in [6, 6.07) is 4.21. The van der Waals surface area contributed by atoms with Crippen LogP contribution in [0.15, 0.2) is 36.9 Å². The first-order chi connectivity index (χ1) is 12.3. The molecule has 25 heavy (non-hydrogen) atoms. The van der Waals surface area contributed by atoms with Crippen LogP contribution < -0.4 is 5.32 Å². The molecule has 0 aliphatic carbocycles. The summed E-state index contributed by atoms with van der Waals surface area (Å²) in [5.74, 6) is 1.30. The number of nitrogens with one attached hydrogen (secondary N) is 1. The molecule has 2 aromatic heterocycles. The van der Waals surface area contributed by atoms with Gasteiger partial charge in [0.25, 0.3) is 0 Å². The summed E-state index contributed by atoms with van der Waals surface area (Å²) >= 11 is 0. The molecule has 1 amide bonds. The van der Waals surface area contributed by atoms with Gasteiger partial charge in [-0.1, -0.05) is 12.5 Å². The Bertz CT molecular complexity index is 714. The topological polar surface area (TPSA) is 63.1 Å². The Hall–Kier alpha value is -2.21. The third-order valence-corrected chi connectivity index (χ3v) is 5.31. The highest BCUT2D eigenvalue weighted by Crippen LogP contribution is 2.21. The number of pyridine rings is 1. The van der Waals surface area contributed by atoms with Crippen molar-refractivity contribution in [2.45, 2.75) is 57.3 Å². The lowest BCUT2D eigenvalue weighted by Crippen LogP contribution is -2.52. The van der Waals surface area contributed by atoms with Gasteiger partial charge >= 0.3 is 0 Å². The summed E-state index contributed by atoms with van der Waals surface area (Å²) in [6.07, 6.45) is 12.7. The van der Waals surface area contributed by atoms with Crippen LogP contribution in [-0.2, 0) is 24.3 Å². The maximum Gasteiger partial charge on any atom is 0.237 e. The average Bonchev–Trinajstić information content (AvgIpc) is 3.11. The van der Waals surface area contributed by atoms with E-state index in [1.165, 1.54) is 5.56 Å². The molecule has 4 heterocycles. The van der Waals surface area contributed by atoms with Gasteiger partial charge in [-0.15, -0.1) is 0 Å². The van der Waals surface area contributed by atoms with E-state index < -0.39 is 0 Å². The maximum absolute atomic E-state index is 12.9. The molecule has 1 saturated heterocycles. The molecule has 1 fully saturated rings. The van der Waals surface area contributed by atoms with Crippen LogP contribution in [0.2, 0.25) is 0 Å². The molecule has 2 aliphatic heterocycles. The van der Waals surface area contributed by atoms with Crippen LogP contribution in [0.5, 0.6) is 0 Å². The lowest BCUT2D eigenvalue weighted by Gasteiger charge is -2.36. The molecule has 0 radical (unpaired) electrons. The second-order valence-corrected chi connectivity index (χ2v) is 7.08. The number of imidazole rings is 1. The van der Waals surface area contributed by atoms with Crippen LogP contribution in [0.25, 0.3) is 0 Å². The van der Waals surface area contributed by atoms with E-state index in [0.717, 1.165) is 57.6 Å². The summed E-state index contributed by atoms with van der Waals surface area (Å²) < 4.78 is 2.16. The Labute approximate surface area is 148 Å². The van der Waals surface area contributed by atoms with Crippen molar-refractivity contribution in [3.05, 3.63) is 48.3 Å². The van der Waals surface area contributed by atoms with Crippen LogP contribution in [-0.4, -0.2) is 44.0 Å². The standard InChI is InChI=1S/C19H25N5O/c25-19(22-16-6-7-18-21-9-11-24(18)14-16)17-5-1-2-10-23(17)13-15-4-3-8-20-12-15/h3-4,8-9,11-12,16-17H,1-2,5-7,10,13-14H2,(H,22,25). The van der Waals surface area contributed by atoms with E-state index in [-0.39, 0.29) is 18.0 Å². The molecule has 6 nitrogen and oxygen atoms in total. The van der Waals surface area contributed by atoms with E-state index in [0.29, 0.717) is 0 Å². The highest BCUT2D eigenvalue weighted by molar-refractivity contribution is 5.82. The molecule has 0 spiro atoms. The minimum absolute atomic E-state index is 0.0295. The normalized spacial score (nSPS) is 23.8. The SMILES string of the molecule is O=C(NC1CCc2nccn2C1)C1CCCCN1Cc1cccnc1. The Morgan fingerprint density at radius 3 is 3.12 bits per heavy atom. The van der Waals surface area contributed by atoms with Crippen LogP contribution in [0.4, 0.5) is 0 Å². The van der Waals surface area contributed by atoms with Gasteiger partial charge in [0, 0.05) is 50.3 Å². The fraction of sp³-hybridized carbons (Fsp3) is 0.526. The largest absolute Gasteiger partial charge is 0.350 e. The van der Waals surface area contributed by atoms with Crippen molar-refractivity contribution < 1.29 is 4.79 Å². The number of nitrogens with zero attached hydrogens (tertiary/aromatic N) is 4. The van der Waals surface area contributed by atoms with Gasteiger partial charge in [0.15, 0.2) is 0 Å². The number of carbonyl (C=O) groups is 1. The van der Waals surface area contributed by atoms with Gasteiger partial charge in [-0.3, -0.25) is 14.7 Å². The lowest BCUT2D eigenvalue weighted by atomic mass is 9.99. The summed E-state index contributed by atoms with van der Waals surface area (Å²) in [7, 11) is 0. The second kappa shape index (κ2) is 7.35. The molecular formula is C19H25N5O. The maximum atomic E-state index is 12.9. The first kappa shape index (κ1) is 16.3. The first-order valence-corrected chi connectivity index (χ1v) is 9.23. The van der Waals surface area contributed by atoms with Gasteiger partial charge < -0.3 is 9.88 Å². The van der Waals surface area contributed by atoms with Crippen molar-refractivity contribution in [3.8, 4) is 0 Å². The Kier molecular flexibility index (Phi) is 4.78. The van der Waals surface area contributed by atoms with Crippen molar-refractivity contribution in [2.75, 3.05) is 6.54 Å². The third kappa shape index (κ3) is 3.74. The van der Waals surface area contributed by atoms with Gasteiger partial charge in [-0.2, -0.15) is 0 Å². The van der Waals surface area contributed by atoms with E-state index in [2.05, 4.69) is 30.8 Å². The Morgan fingerprint density at radius 2 is 2.24 bits per heavy atom. The van der Waals surface area contributed by atoms with Gasteiger partial charge in [0.05, 0.1) is 6.04 Å². The zero-order valence-corrected chi connectivity index (χ0v) is 14.5. The number of amides is 1. The van der Waals surface area contributed by atoms with Crippen LogP contribution >= 0.6 is 0 Å². The monoisotopic (exact) mass is 339 g/mol. The van der Waals surface area contributed by atoms with Gasteiger partial charge in [-0.05, 0) is 37.4 Å². The van der Waals surface area contributed by atoms with Crippen molar-refractivity contribution in [1.82, 2.24) is 24.8 Å². The quantitative estimate of drug-likeness (QED) is 0.922. The molecule has 6 heteroatoms. The number of likely N-dealkylation sites (tertiary alicyclic amines) is 1. The van der Waals surface area contributed by atoms with Crippen molar-refractivity contribution in [1.29, 1.82) is 0 Å². The van der Waals surface area contributed by atoms with Crippen LogP contribution in [0, 0.1) is 0 Å². The highest BCUT2D eigenvalue weighted by Gasteiger charge is 2.30. The average molecular weight is 339 g/mol. The Balaban J connectivity index is 1.39. The van der Waals surface area contributed by atoms with Crippen molar-refractivity contribution in [3.63, 3.8) is 0 Å². The van der Waals surface area contributed by atoms with Gasteiger partial charge in [0.2, 0.25) is 5.91 Å². The lowest BCUT2D eigenvalue weighted by molar-refractivity contribution is -0.128. The molecule has 4 rings (SSSR count). The molecule has 2 aromatic rings. The zero-order valence-electron chi connectivity index (χ0n) is 14.5. The van der Waals surface area contributed by atoms with Crippen molar-refractivity contribution in [2.24, 2.45) is 0 Å². The predicted molar refractivity (Wildman–Crippen MR) is 94.8 cm³/mol. The number of rotatable bonds is 4. The minimum Gasteiger partial charge on any atom is -0.350 e. The van der Waals surface area contributed by atoms with E-state index >= 15 is 0 Å². The summed E-state index contributed by atoms with van der Waals surface area (Å²) in [6.45, 7) is 2.60. The first-order valence-electron chi connectivity index (χ1n) is 9.23. The fourth-order valence-corrected chi connectivity index (χ4v) is 3.98. The molecule has 1 N–H and O–H groups in total. The van der Waals surface area contributed by atoms with Crippen LogP contribution in [0.3, 0.4) is 0 Å². The number of aryl methyl sites for hydroxylation is 1. The minimum atomic E-state index is -0.0295. The fourth-order valence-electron chi connectivity index (χ4n) is 3.98. The number of fused-ring (bicyclic) bond motifs is 1. The number of aromatic nitrogens is 3. The molecule has 2 unspecified atom stereocenters. The van der Waals surface area contributed by atoms with E-state index in [4.69, 9.17) is 0 Å². The van der Waals surface area contributed by atoms with Gasteiger partial charge in [-0.25, -0.2) is 4.98 Å². The van der Waals surface area contributed by atoms with E-state index in [1.54, 1.807) is 6.20 Å². The summed E-state index contributed by atoms with van der Waals surface area (Å²) in [4.78, 5) is 23.8. The number of hydrogen-bond donors (Lipinski definition) is 1. The summed E-state index contributed by atoms with van der Waals surface area (Å²) in [5, 5.41) is 3.29. The second-order valence-electron chi connectivity index (χ2n) is 7.08. The number of piperidine rings is 1. The van der Waals surface area contributed by atoms with Crippen molar-refractivity contribution >= 4 is 5.91 Å². The van der Waals surface area contributed by atoms with E-state index in [1.807, 2.05) is 24.7 Å². The van der Waals surface area contributed by atoms with E-state index in [9.17, 15) is 4.79 Å². The van der Waals surface area contributed by atoms with Crippen LogP contribution in [0.1, 0.15) is 37.1 Å². The molecule has 132 valence electrons. The molecular weight excluding hydrogens is 314 g/mol. The molecule has 2 aliphatic rings. The smallest absolute Gasteiger partial charge is 0.237 e. The Morgan fingerprint density at radius 1 is 1.28 bits per heavy atom. The zero-order chi connectivity index (χ0) is 17.1. The molecule has 0 bridgehead atoms. The third-order valence-electron chi connectivity index (χ3n) is 5.31. The van der Waals surface area contributed by atoms with Gasteiger partial charge in [0.1, 0.15) is 5.82 Å². The predicted octanol–water partition coefficient (Wildman–Crippen LogP) is 1.76. The number of hydrogen-bond acceptors (Lipinski definition) is 4.